The van der Waals surface area contributed by atoms with Crippen molar-refractivity contribution >= 4 is 45.5 Å². The van der Waals surface area contributed by atoms with Gasteiger partial charge in [-0.15, -0.1) is 0 Å². The third-order valence-corrected chi connectivity index (χ3v) is 6.15. The molecule has 3 N–H and O–H groups in total. The monoisotopic (exact) mass is 469 g/mol. The van der Waals surface area contributed by atoms with Gasteiger partial charge in [0.1, 0.15) is 16.9 Å². The van der Waals surface area contributed by atoms with E-state index >= 15 is 0 Å². The van der Waals surface area contributed by atoms with E-state index in [0.29, 0.717) is 33.1 Å². The van der Waals surface area contributed by atoms with E-state index < -0.39 is 0 Å². The van der Waals surface area contributed by atoms with Gasteiger partial charge < -0.3 is 11.1 Å². The van der Waals surface area contributed by atoms with Crippen molar-refractivity contribution in [2.24, 2.45) is 0 Å². The number of benzene rings is 3. The lowest BCUT2D eigenvalue weighted by Crippen LogP contribution is -2.33. The predicted octanol–water partition coefficient (Wildman–Crippen LogP) is 5.56. The van der Waals surface area contributed by atoms with Gasteiger partial charge in [-0.1, -0.05) is 54.1 Å². The van der Waals surface area contributed by atoms with Crippen LogP contribution in [0, 0.1) is 0 Å². The van der Waals surface area contributed by atoms with E-state index in [0.717, 1.165) is 24.0 Å². The molecule has 0 aliphatic heterocycles. The molecular weight excluding hydrogens is 446 g/mol. The molecule has 3 aromatic carbocycles. The van der Waals surface area contributed by atoms with Crippen LogP contribution in [0.5, 0.6) is 0 Å². The highest BCUT2D eigenvalue weighted by molar-refractivity contribution is 6.30. The number of amides is 1. The number of carbonyl (C=O) groups excluding carboxylic acids is 1. The molecule has 0 radical (unpaired) electrons. The van der Waals surface area contributed by atoms with Crippen LogP contribution in [0.15, 0.2) is 78.9 Å². The smallest absolute Gasteiger partial charge is 0.257 e. The lowest BCUT2D eigenvalue weighted by atomic mass is 10.1. The third kappa shape index (κ3) is 4.20. The quantitative estimate of drug-likeness (QED) is 0.341. The fourth-order valence-corrected chi connectivity index (χ4v) is 4.26. The maximum atomic E-state index is 13.4. The molecule has 0 fully saturated rings. The van der Waals surface area contributed by atoms with Gasteiger partial charge in [0, 0.05) is 16.8 Å². The first kappa shape index (κ1) is 21.9. The molecule has 0 aliphatic rings. The number of anilines is 1. The van der Waals surface area contributed by atoms with Crippen molar-refractivity contribution in [2.75, 3.05) is 5.73 Å². The molecular formula is C27H24ClN5O. The van der Waals surface area contributed by atoms with Crippen molar-refractivity contribution < 1.29 is 4.79 Å². The summed E-state index contributed by atoms with van der Waals surface area (Å²) in [5, 5.41) is 3.71. The van der Waals surface area contributed by atoms with Crippen molar-refractivity contribution in [2.45, 2.75) is 25.8 Å². The normalized spacial score (nSPS) is 12.2. The number of rotatable bonds is 6. The molecule has 7 heteroatoms. The summed E-state index contributed by atoms with van der Waals surface area (Å²) in [5.41, 5.74) is 11.3. The fraction of sp³-hybridized carbons (Fsp3) is 0.148. The highest BCUT2D eigenvalue weighted by atomic mass is 35.5. The molecule has 2 aromatic heterocycles. The minimum atomic E-state index is -0.264. The van der Waals surface area contributed by atoms with Crippen molar-refractivity contribution in [3.8, 4) is 5.69 Å². The number of hydrogen-bond donors (Lipinski definition) is 2. The van der Waals surface area contributed by atoms with Crippen LogP contribution in [0.2, 0.25) is 5.02 Å². The highest BCUT2D eigenvalue weighted by Gasteiger charge is 2.25. The van der Waals surface area contributed by atoms with E-state index in [1.54, 1.807) is 16.7 Å². The largest absolute Gasteiger partial charge is 0.384 e. The summed E-state index contributed by atoms with van der Waals surface area (Å²) >= 11 is 6.09. The Morgan fingerprint density at radius 3 is 2.32 bits per heavy atom. The molecule has 1 atom stereocenters. The van der Waals surface area contributed by atoms with Gasteiger partial charge in [-0.3, -0.25) is 9.36 Å². The molecule has 2 heterocycles. The summed E-state index contributed by atoms with van der Waals surface area (Å²) < 4.78 is 1.76. The van der Waals surface area contributed by atoms with Crippen LogP contribution in [0.25, 0.3) is 27.9 Å². The van der Waals surface area contributed by atoms with Crippen molar-refractivity contribution in [3.63, 3.8) is 0 Å². The van der Waals surface area contributed by atoms with Gasteiger partial charge in [0.05, 0.1) is 11.0 Å². The van der Waals surface area contributed by atoms with Crippen LogP contribution in [0.4, 0.5) is 5.82 Å². The number of hydrogen-bond acceptors (Lipinski definition) is 4. The summed E-state index contributed by atoms with van der Waals surface area (Å²) in [5.74, 6) is 0.0285. The van der Waals surface area contributed by atoms with Crippen LogP contribution in [-0.2, 0) is 6.42 Å². The van der Waals surface area contributed by atoms with Crippen LogP contribution >= 0.6 is 11.6 Å². The standard InChI is InChI=1S/C27H24ClN5O/c1-17(11-12-18-7-3-2-4-8-18)30-27(34)23-24-26(32-22-10-6-5-9-21(22)31-24)33(25(23)29)20-15-13-19(28)14-16-20/h2-10,13-17H,11-12,29H2,1H3,(H,30,34). The lowest BCUT2D eigenvalue weighted by molar-refractivity contribution is 0.0941. The Bertz CT molecular complexity index is 1480. The third-order valence-electron chi connectivity index (χ3n) is 5.90. The molecule has 0 spiro atoms. The van der Waals surface area contributed by atoms with Crippen LogP contribution in [0.3, 0.4) is 0 Å². The van der Waals surface area contributed by atoms with E-state index in [1.807, 2.05) is 61.5 Å². The number of carbonyl (C=O) groups is 1. The highest BCUT2D eigenvalue weighted by Crippen LogP contribution is 2.31. The average molecular weight is 470 g/mol. The molecule has 5 aromatic rings. The molecule has 0 bridgehead atoms. The zero-order valence-electron chi connectivity index (χ0n) is 18.7. The number of nitrogens with two attached hydrogens (primary N) is 1. The minimum absolute atomic E-state index is 0.0468. The first-order chi connectivity index (χ1) is 16.5. The minimum Gasteiger partial charge on any atom is -0.384 e. The molecule has 0 aliphatic carbocycles. The summed E-state index contributed by atoms with van der Waals surface area (Å²) in [6.07, 6.45) is 1.68. The van der Waals surface area contributed by atoms with Gasteiger partial charge in [-0.2, -0.15) is 0 Å². The van der Waals surface area contributed by atoms with Crippen molar-refractivity contribution in [1.82, 2.24) is 19.9 Å². The number of para-hydroxylation sites is 2. The summed E-state index contributed by atoms with van der Waals surface area (Å²) in [6.45, 7) is 2.00. The van der Waals surface area contributed by atoms with Gasteiger partial charge in [0.15, 0.2) is 5.65 Å². The fourth-order valence-electron chi connectivity index (χ4n) is 4.13. The van der Waals surface area contributed by atoms with Crippen LogP contribution in [-0.4, -0.2) is 26.5 Å². The Morgan fingerprint density at radius 2 is 1.62 bits per heavy atom. The number of fused-ring (bicyclic) bond motifs is 2. The summed E-state index contributed by atoms with van der Waals surface area (Å²) in [6, 6.07) is 25.0. The van der Waals surface area contributed by atoms with E-state index in [2.05, 4.69) is 17.4 Å². The molecule has 6 nitrogen and oxygen atoms in total. The van der Waals surface area contributed by atoms with Crippen LogP contribution in [0.1, 0.15) is 29.3 Å². The van der Waals surface area contributed by atoms with Gasteiger partial charge >= 0.3 is 0 Å². The summed E-state index contributed by atoms with van der Waals surface area (Å²) in [7, 11) is 0. The number of aromatic nitrogens is 3. The van der Waals surface area contributed by atoms with Crippen molar-refractivity contribution in [3.05, 3.63) is 95.0 Å². The topological polar surface area (TPSA) is 85.8 Å². The Morgan fingerprint density at radius 1 is 0.971 bits per heavy atom. The predicted molar refractivity (Wildman–Crippen MR) is 137 cm³/mol. The number of nitrogen functional groups attached to an aromatic ring is 1. The number of halogens is 1. The zero-order chi connectivity index (χ0) is 23.7. The van der Waals surface area contributed by atoms with E-state index in [9.17, 15) is 4.79 Å². The van der Waals surface area contributed by atoms with E-state index in [1.165, 1.54) is 5.56 Å². The molecule has 170 valence electrons. The first-order valence-electron chi connectivity index (χ1n) is 11.2. The first-order valence-corrected chi connectivity index (χ1v) is 11.6. The Labute approximate surface area is 202 Å². The second-order valence-electron chi connectivity index (χ2n) is 8.36. The second kappa shape index (κ2) is 9.15. The maximum Gasteiger partial charge on any atom is 0.257 e. The molecule has 1 amide bonds. The molecule has 1 unspecified atom stereocenters. The molecule has 0 saturated heterocycles. The number of aryl methyl sites for hydroxylation is 1. The maximum absolute atomic E-state index is 13.4. The van der Waals surface area contributed by atoms with E-state index in [4.69, 9.17) is 27.3 Å². The lowest BCUT2D eigenvalue weighted by Gasteiger charge is -2.14. The molecule has 5 rings (SSSR count). The molecule has 0 saturated carbocycles. The molecule has 34 heavy (non-hydrogen) atoms. The Balaban J connectivity index is 1.54. The zero-order valence-corrected chi connectivity index (χ0v) is 19.5. The Hall–Kier alpha value is -3.90. The Kier molecular flexibility index (Phi) is 5.90. The van der Waals surface area contributed by atoms with E-state index in [-0.39, 0.29) is 11.9 Å². The second-order valence-corrected chi connectivity index (χ2v) is 8.79. The summed E-state index contributed by atoms with van der Waals surface area (Å²) in [4.78, 5) is 23.0. The van der Waals surface area contributed by atoms with Gasteiger partial charge in [0.2, 0.25) is 0 Å². The SMILES string of the molecule is CC(CCc1ccccc1)NC(=O)c1c(N)n(-c2ccc(Cl)cc2)c2nc3ccccc3nc12. The van der Waals surface area contributed by atoms with Crippen LogP contribution < -0.4 is 11.1 Å². The van der Waals surface area contributed by atoms with Gasteiger partial charge in [-0.05, 0) is 61.7 Å². The number of nitrogens with one attached hydrogen (secondary N) is 1. The van der Waals surface area contributed by atoms with Gasteiger partial charge in [-0.25, -0.2) is 9.97 Å². The number of nitrogens with zero attached hydrogens (tertiary/aromatic N) is 3. The van der Waals surface area contributed by atoms with Gasteiger partial charge in [0.25, 0.3) is 5.91 Å². The van der Waals surface area contributed by atoms with Crippen molar-refractivity contribution in [1.29, 1.82) is 0 Å². The average Bonchev–Trinajstić information content (AvgIpc) is 3.13.